The minimum Gasteiger partial charge on any atom is -0.460 e. The predicted molar refractivity (Wildman–Crippen MR) is 97.6 cm³/mol. The van der Waals surface area contributed by atoms with Gasteiger partial charge < -0.3 is 15.1 Å². The number of carbonyl (C=O) groups excluding carboxylic acids is 2. The number of aryl methyl sites for hydroxylation is 1. The van der Waals surface area contributed by atoms with Crippen molar-refractivity contribution in [3.8, 4) is 0 Å². The lowest BCUT2D eigenvalue weighted by Gasteiger charge is -2.07. The van der Waals surface area contributed by atoms with Gasteiger partial charge in [0, 0.05) is 6.42 Å². The van der Waals surface area contributed by atoms with Crippen LogP contribution in [0.4, 0.5) is 10.1 Å². The molecule has 1 saturated heterocycles. The number of amides is 2. The van der Waals surface area contributed by atoms with Crippen LogP contribution >= 0.6 is 11.8 Å². The van der Waals surface area contributed by atoms with Gasteiger partial charge in [-0.15, -0.1) is 5.10 Å². The zero-order valence-corrected chi connectivity index (χ0v) is 14.5. The van der Waals surface area contributed by atoms with Crippen LogP contribution in [0.2, 0.25) is 0 Å². The summed E-state index contributed by atoms with van der Waals surface area (Å²) in [5.74, 6) is -0.0419. The van der Waals surface area contributed by atoms with E-state index in [1.807, 2.05) is 6.92 Å². The highest BCUT2D eigenvalue weighted by atomic mass is 32.2. The summed E-state index contributed by atoms with van der Waals surface area (Å²) in [6, 6.07) is 9.38. The molecular weight excluding hydrogens is 359 g/mol. The second-order valence-electron chi connectivity index (χ2n) is 5.43. The lowest BCUT2D eigenvalue weighted by atomic mass is 10.2. The first-order valence-electron chi connectivity index (χ1n) is 7.70. The number of anilines is 1. The molecule has 1 fully saturated rings. The molecular formula is C17H15FN4O3S. The van der Waals surface area contributed by atoms with Crippen LogP contribution in [0.25, 0.3) is 0 Å². The maximum atomic E-state index is 13.5. The van der Waals surface area contributed by atoms with Crippen LogP contribution in [-0.4, -0.2) is 28.4 Å². The molecule has 2 amide bonds. The smallest absolute Gasteiger partial charge is 0.240 e. The Morgan fingerprint density at radius 2 is 2.19 bits per heavy atom. The first-order valence-corrected chi connectivity index (χ1v) is 8.58. The maximum Gasteiger partial charge on any atom is 0.240 e. The molecule has 0 spiro atoms. The zero-order valence-electron chi connectivity index (χ0n) is 13.7. The number of thioether (sulfide) groups is 1. The topological polar surface area (TPSA) is 96.1 Å². The molecule has 0 aliphatic carbocycles. The van der Waals surface area contributed by atoms with E-state index in [4.69, 9.17) is 4.42 Å². The third kappa shape index (κ3) is 4.57. The lowest BCUT2D eigenvalue weighted by Crippen LogP contribution is -2.28. The number of hydrogen-bond donors (Lipinski definition) is 2. The standard InChI is InChI=1S/C17H15FN4O3S/c1-10-6-7-11(25-10)9-19-22-17-21-16(24)14(26-17)8-15(23)20-13-5-3-2-4-12(13)18/h2-7,9,14H,8H2,1H3,(H,20,23)(H,21,22,24)/t14-/m0/s1. The van der Waals surface area contributed by atoms with Gasteiger partial charge in [0.1, 0.15) is 22.6 Å². The maximum absolute atomic E-state index is 13.5. The summed E-state index contributed by atoms with van der Waals surface area (Å²) in [6.07, 6.45) is 1.32. The molecule has 2 aromatic rings. The van der Waals surface area contributed by atoms with Crippen molar-refractivity contribution < 1.29 is 18.4 Å². The lowest BCUT2D eigenvalue weighted by molar-refractivity contribution is -0.122. The quantitative estimate of drug-likeness (QED) is 0.621. The number of rotatable bonds is 5. The molecule has 3 rings (SSSR count). The highest BCUT2D eigenvalue weighted by Crippen LogP contribution is 2.23. The minimum absolute atomic E-state index is 0.0770. The fraction of sp³-hybridized carbons (Fsp3) is 0.176. The van der Waals surface area contributed by atoms with Crippen molar-refractivity contribution >= 4 is 40.6 Å². The molecule has 9 heteroatoms. The van der Waals surface area contributed by atoms with Gasteiger partial charge in [-0.3, -0.25) is 9.59 Å². The highest BCUT2D eigenvalue weighted by molar-refractivity contribution is 8.15. The molecule has 0 bridgehead atoms. The summed E-state index contributed by atoms with van der Waals surface area (Å²) in [5.41, 5.74) is 0.0770. The number of benzene rings is 1. The number of nitrogens with one attached hydrogen (secondary N) is 2. The van der Waals surface area contributed by atoms with Crippen molar-refractivity contribution in [2.45, 2.75) is 18.6 Å². The van der Waals surface area contributed by atoms with Gasteiger partial charge in [-0.2, -0.15) is 5.10 Å². The molecule has 0 radical (unpaired) electrons. The van der Waals surface area contributed by atoms with Crippen molar-refractivity contribution in [2.24, 2.45) is 10.2 Å². The molecule has 0 unspecified atom stereocenters. The van der Waals surface area contributed by atoms with Gasteiger partial charge in [-0.05, 0) is 31.2 Å². The fourth-order valence-electron chi connectivity index (χ4n) is 2.18. The van der Waals surface area contributed by atoms with E-state index in [1.165, 1.54) is 24.4 Å². The Hall–Kier alpha value is -2.94. The summed E-state index contributed by atoms with van der Waals surface area (Å²) >= 11 is 1.09. The van der Waals surface area contributed by atoms with Crippen LogP contribution in [0, 0.1) is 12.7 Å². The first kappa shape index (κ1) is 17.9. The largest absolute Gasteiger partial charge is 0.460 e. The van der Waals surface area contributed by atoms with Crippen LogP contribution < -0.4 is 10.6 Å². The second-order valence-corrected chi connectivity index (χ2v) is 6.62. The Labute approximate surface area is 152 Å². The van der Waals surface area contributed by atoms with Gasteiger partial charge in [0.15, 0.2) is 5.17 Å². The Bertz CT molecular complexity index is 894. The van der Waals surface area contributed by atoms with Crippen molar-refractivity contribution in [3.63, 3.8) is 0 Å². The number of hydrogen-bond acceptors (Lipinski definition) is 6. The van der Waals surface area contributed by atoms with Crippen LogP contribution in [0.15, 0.2) is 51.0 Å². The molecule has 1 aliphatic rings. The number of halogens is 1. The Morgan fingerprint density at radius 3 is 2.92 bits per heavy atom. The number of para-hydroxylation sites is 1. The van der Waals surface area contributed by atoms with Crippen LogP contribution in [0.3, 0.4) is 0 Å². The molecule has 2 N–H and O–H groups in total. The van der Waals surface area contributed by atoms with E-state index in [0.717, 1.165) is 17.5 Å². The molecule has 2 heterocycles. The summed E-state index contributed by atoms with van der Waals surface area (Å²) < 4.78 is 18.9. The third-order valence-corrected chi connectivity index (χ3v) is 4.46. The van der Waals surface area contributed by atoms with Gasteiger partial charge in [-0.25, -0.2) is 4.39 Å². The van der Waals surface area contributed by atoms with E-state index in [1.54, 1.807) is 18.2 Å². The van der Waals surface area contributed by atoms with Crippen molar-refractivity contribution in [3.05, 3.63) is 53.7 Å². The molecule has 26 heavy (non-hydrogen) atoms. The average molecular weight is 374 g/mol. The number of amidine groups is 1. The number of carbonyl (C=O) groups is 2. The highest BCUT2D eigenvalue weighted by Gasteiger charge is 2.32. The summed E-state index contributed by atoms with van der Waals surface area (Å²) in [4.78, 5) is 24.0. The van der Waals surface area contributed by atoms with Crippen molar-refractivity contribution in [2.75, 3.05) is 5.32 Å². The number of nitrogens with zero attached hydrogens (tertiary/aromatic N) is 2. The van der Waals surface area contributed by atoms with Crippen LogP contribution in [0.5, 0.6) is 0 Å². The van der Waals surface area contributed by atoms with Crippen LogP contribution in [0.1, 0.15) is 17.9 Å². The van der Waals surface area contributed by atoms with Crippen LogP contribution in [-0.2, 0) is 9.59 Å². The molecule has 1 aromatic carbocycles. The molecule has 134 valence electrons. The second kappa shape index (κ2) is 7.96. The van der Waals surface area contributed by atoms with E-state index in [0.29, 0.717) is 10.9 Å². The van der Waals surface area contributed by atoms with E-state index in [2.05, 4.69) is 20.8 Å². The summed E-state index contributed by atoms with van der Waals surface area (Å²) in [5, 5.41) is 12.4. The average Bonchev–Trinajstić information content (AvgIpc) is 3.16. The molecule has 0 saturated carbocycles. The van der Waals surface area contributed by atoms with E-state index >= 15 is 0 Å². The molecule has 1 aromatic heterocycles. The van der Waals surface area contributed by atoms with Crippen molar-refractivity contribution in [1.82, 2.24) is 5.32 Å². The molecule has 7 nitrogen and oxygen atoms in total. The SMILES string of the molecule is Cc1ccc(C=NN=C2NC(=O)[C@H](CC(=O)Nc3ccccc3F)S2)o1. The Balaban J connectivity index is 1.56. The monoisotopic (exact) mass is 374 g/mol. The first-order chi connectivity index (χ1) is 12.5. The van der Waals surface area contributed by atoms with Gasteiger partial charge >= 0.3 is 0 Å². The van der Waals surface area contributed by atoms with Gasteiger partial charge in [-0.1, -0.05) is 23.9 Å². The predicted octanol–water partition coefficient (Wildman–Crippen LogP) is 2.68. The molecule has 1 aliphatic heterocycles. The number of furan rings is 1. The van der Waals surface area contributed by atoms with E-state index in [-0.39, 0.29) is 18.0 Å². The van der Waals surface area contributed by atoms with Crippen molar-refractivity contribution in [1.29, 1.82) is 0 Å². The molecule has 1 atom stereocenters. The zero-order chi connectivity index (χ0) is 18.5. The summed E-state index contributed by atoms with van der Waals surface area (Å²) in [6.45, 7) is 1.81. The third-order valence-electron chi connectivity index (χ3n) is 3.39. The van der Waals surface area contributed by atoms with Gasteiger partial charge in [0.2, 0.25) is 11.8 Å². The fourth-order valence-corrected chi connectivity index (χ4v) is 3.10. The Kier molecular flexibility index (Phi) is 5.47. The van der Waals surface area contributed by atoms with E-state index in [9.17, 15) is 14.0 Å². The Morgan fingerprint density at radius 1 is 1.38 bits per heavy atom. The van der Waals surface area contributed by atoms with Gasteiger partial charge in [0.25, 0.3) is 0 Å². The van der Waals surface area contributed by atoms with Gasteiger partial charge in [0.05, 0.1) is 11.9 Å². The minimum atomic E-state index is -0.651. The summed E-state index contributed by atoms with van der Waals surface area (Å²) in [7, 11) is 0. The normalized spacial score (nSPS) is 18.5. The van der Waals surface area contributed by atoms with E-state index < -0.39 is 17.0 Å².